The molecule has 3 heterocycles. The number of hydrogen-bond donors (Lipinski definition) is 3. The molecule has 4 N–H and O–H groups in total. The molecule has 5 atom stereocenters. The van der Waals surface area contributed by atoms with Gasteiger partial charge in [0.15, 0.2) is 11.2 Å². The lowest BCUT2D eigenvalue weighted by Crippen LogP contribution is -2.52. The summed E-state index contributed by atoms with van der Waals surface area (Å²) in [5.41, 5.74) is 3.93. The lowest BCUT2D eigenvalue weighted by atomic mass is 9.70. The number of fused-ring (bicyclic) bond motifs is 3. The van der Waals surface area contributed by atoms with Crippen LogP contribution in [-0.4, -0.2) is 96.9 Å². The van der Waals surface area contributed by atoms with E-state index in [1.54, 1.807) is 31.4 Å². The van der Waals surface area contributed by atoms with Crippen LogP contribution in [-0.2, 0) is 11.2 Å². The molecule has 7 rings (SSSR count). The fourth-order valence-electron chi connectivity index (χ4n) is 7.49. The Morgan fingerprint density at radius 2 is 1.70 bits per heavy atom. The number of nitrogen functional groups attached to an aromatic ring is 1. The van der Waals surface area contributed by atoms with Gasteiger partial charge in [0.05, 0.1) is 25.7 Å². The van der Waals surface area contributed by atoms with Crippen molar-refractivity contribution in [3.8, 4) is 23.0 Å². The molecule has 1 saturated carbocycles. The van der Waals surface area contributed by atoms with E-state index in [2.05, 4.69) is 27.0 Å². The van der Waals surface area contributed by atoms with Crippen molar-refractivity contribution in [1.29, 1.82) is 0 Å². The summed E-state index contributed by atoms with van der Waals surface area (Å²) in [5, 5.41) is 33.6. The van der Waals surface area contributed by atoms with Crippen LogP contribution in [0.2, 0.25) is 0 Å². The van der Waals surface area contributed by atoms with E-state index in [0.29, 0.717) is 40.7 Å². The Morgan fingerprint density at radius 1 is 0.957 bits per heavy atom. The lowest BCUT2D eigenvalue weighted by Gasteiger charge is -2.40. The normalized spacial score (nSPS) is 27.5. The third-order valence-corrected chi connectivity index (χ3v) is 9.73. The van der Waals surface area contributed by atoms with Crippen molar-refractivity contribution in [2.24, 2.45) is 0 Å². The zero-order valence-electron chi connectivity index (χ0n) is 26.1. The summed E-state index contributed by atoms with van der Waals surface area (Å²) in [6.45, 7) is 5.26. The Morgan fingerprint density at radius 3 is 2.35 bits per heavy atom. The number of anilines is 1. The minimum Gasteiger partial charge on any atom is -0.497 e. The summed E-state index contributed by atoms with van der Waals surface area (Å²) in [7, 11) is 5.24. The van der Waals surface area contributed by atoms with Gasteiger partial charge in [-0.05, 0) is 30.3 Å². The molecular weight excluding hydrogens is 590 g/mol. The van der Waals surface area contributed by atoms with Crippen molar-refractivity contribution in [1.82, 2.24) is 20.0 Å². The third kappa shape index (κ3) is 4.66. The largest absolute Gasteiger partial charge is 0.497 e. The molecule has 3 aromatic carbocycles. The Balaban J connectivity index is 1.36. The van der Waals surface area contributed by atoms with Crippen molar-refractivity contribution in [3.05, 3.63) is 89.3 Å². The molecule has 1 aromatic heterocycles. The molecule has 0 unspecified atom stereocenters. The van der Waals surface area contributed by atoms with E-state index in [0.717, 1.165) is 38.3 Å². The van der Waals surface area contributed by atoms with Crippen molar-refractivity contribution in [3.63, 3.8) is 0 Å². The number of benzene rings is 3. The van der Waals surface area contributed by atoms with Crippen LogP contribution in [0.5, 0.6) is 23.0 Å². The van der Waals surface area contributed by atoms with Gasteiger partial charge < -0.3 is 44.2 Å². The first-order valence-electron chi connectivity index (χ1n) is 15.4. The molecule has 0 amide bonds. The number of ether oxygens (including phenoxy) is 4. The Kier molecular flexibility index (Phi) is 7.76. The maximum absolute atomic E-state index is 13.2. The van der Waals surface area contributed by atoms with Gasteiger partial charge in [0.2, 0.25) is 5.89 Å². The number of aromatic nitrogens is 2. The highest BCUT2D eigenvalue weighted by molar-refractivity contribution is 5.63. The van der Waals surface area contributed by atoms with Crippen molar-refractivity contribution in [2.45, 2.75) is 29.1 Å². The van der Waals surface area contributed by atoms with Crippen molar-refractivity contribution < 1.29 is 33.6 Å². The fraction of sp³-hybridized carbons (Fsp3) is 0.412. The van der Waals surface area contributed by atoms with Crippen molar-refractivity contribution >= 4 is 6.01 Å². The molecule has 3 aliphatic rings. The molecule has 2 aliphatic heterocycles. The van der Waals surface area contributed by atoms with Gasteiger partial charge in [-0.1, -0.05) is 47.6 Å². The predicted octanol–water partition coefficient (Wildman–Crippen LogP) is 2.71. The van der Waals surface area contributed by atoms with Crippen molar-refractivity contribution in [2.75, 3.05) is 66.3 Å². The van der Waals surface area contributed by atoms with Crippen LogP contribution in [0, 0.1) is 0 Å². The second-order valence-electron chi connectivity index (χ2n) is 12.2. The number of nitrogens with zero attached hydrogens (tertiary/aromatic N) is 4. The lowest BCUT2D eigenvalue weighted by molar-refractivity contribution is -0.151. The number of methoxy groups -OCH3 is 2. The molecule has 0 spiro atoms. The number of rotatable bonds is 9. The molecule has 2 fully saturated rings. The number of aliphatic hydroxyl groups is 2. The average molecular weight is 630 g/mol. The van der Waals surface area contributed by atoms with Gasteiger partial charge in [0.1, 0.15) is 35.7 Å². The van der Waals surface area contributed by atoms with Crippen LogP contribution in [0.1, 0.15) is 34.4 Å². The van der Waals surface area contributed by atoms with E-state index in [4.69, 9.17) is 29.1 Å². The molecule has 0 radical (unpaired) electrons. The van der Waals surface area contributed by atoms with Crippen LogP contribution in [0.15, 0.2) is 71.1 Å². The number of likely N-dealkylation sites (N-methyl/N-ethyl adjacent to an activating group) is 1. The first kappa shape index (κ1) is 30.3. The van der Waals surface area contributed by atoms with Crippen LogP contribution in [0.25, 0.3) is 0 Å². The molecular formula is C34H39N5O7. The molecule has 0 bridgehead atoms. The zero-order chi connectivity index (χ0) is 32.1. The maximum Gasteiger partial charge on any atom is 0.312 e. The molecule has 46 heavy (non-hydrogen) atoms. The standard InChI is InChI=1S/C34H39N5O7/c1-38-13-15-39(16-14-38)17-18-44-24-19-25(43-3)29-26(20-24)46-34(22-9-11-23(42-2)12-10-22)28(21-7-5-4-6-8-21)27(30(40)33(29,34)41)31-36-37-32(35)45-31/h4-12,19-20,27-28,30,40-41H,13-18H2,1-3H3,(H2,35,37)/t27-,28-,30-,33+,34+/m1/s1. The summed E-state index contributed by atoms with van der Waals surface area (Å²) in [6, 6.07) is 20.2. The topological polar surface area (TPSA) is 149 Å². The molecule has 4 aromatic rings. The van der Waals surface area contributed by atoms with Crippen LogP contribution in [0.3, 0.4) is 0 Å². The summed E-state index contributed by atoms with van der Waals surface area (Å²) in [5.74, 6) is 0.283. The summed E-state index contributed by atoms with van der Waals surface area (Å²) >= 11 is 0. The van der Waals surface area contributed by atoms with Gasteiger partial charge in [-0.2, -0.15) is 0 Å². The highest BCUT2D eigenvalue weighted by Gasteiger charge is 2.78. The monoisotopic (exact) mass is 629 g/mol. The van der Waals surface area contributed by atoms with E-state index >= 15 is 0 Å². The van der Waals surface area contributed by atoms with Gasteiger partial charge in [-0.3, -0.25) is 4.90 Å². The smallest absolute Gasteiger partial charge is 0.312 e. The molecule has 12 heteroatoms. The van der Waals surface area contributed by atoms with Crippen LogP contribution in [0.4, 0.5) is 6.01 Å². The average Bonchev–Trinajstić information content (AvgIpc) is 3.68. The second kappa shape index (κ2) is 11.8. The Hall–Kier alpha value is -4.36. The van der Waals surface area contributed by atoms with E-state index in [1.165, 1.54) is 7.11 Å². The van der Waals surface area contributed by atoms with Gasteiger partial charge in [0.25, 0.3) is 0 Å². The molecule has 12 nitrogen and oxygen atoms in total. The molecule has 242 valence electrons. The second-order valence-corrected chi connectivity index (χ2v) is 12.2. The van der Waals surface area contributed by atoms with Gasteiger partial charge >= 0.3 is 6.01 Å². The highest BCUT2D eigenvalue weighted by atomic mass is 16.5. The zero-order valence-corrected chi connectivity index (χ0v) is 26.1. The number of aliphatic hydroxyl groups excluding tert-OH is 1. The fourth-order valence-corrected chi connectivity index (χ4v) is 7.49. The summed E-state index contributed by atoms with van der Waals surface area (Å²) in [6.07, 6.45) is -1.49. The minimum atomic E-state index is -2.05. The Labute approximate surface area is 267 Å². The summed E-state index contributed by atoms with van der Waals surface area (Å²) in [4.78, 5) is 4.69. The van der Waals surface area contributed by atoms with E-state index in [1.807, 2.05) is 42.5 Å². The quantitative estimate of drug-likeness (QED) is 0.250. The van der Waals surface area contributed by atoms with Gasteiger partial charge in [0, 0.05) is 50.8 Å². The van der Waals surface area contributed by atoms with Gasteiger partial charge in [-0.15, -0.1) is 5.10 Å². The number of hydrogen-bond acceptors (Lipinski definition) is 12. The SMILES string of the molecule is COc1ccc([C@@]23Oc4cc(OCCN5CCN(C)CC5)cc(OC)c4[C@]2(O)[C@H](O)[C@H](c2nnc(N)o2)[C@H]3c2ccccc2)cc1. The predicted molar refractivity (Wildman–Crippen MR) is 168 cm³/mol. The van der Waals surface area contributed by atoms with Crippen LogP contribution < -0.4 is 24.7 Å². The van der Waals surface area contributed by atoms with E-state index in [9.17, 15) is 10.2 Å². The molecule has 1 aliphatic carbocycles. The van der Waals surface area contributed by atoms with E-state index < -0.39 is 29.1 Å². The minimum absolute atomic E-state index is 0.0857. The highest BCUT2D eigenvalue weighted by Crippen LogP contribution is 2.72. The van der Waals surface area contributed by atoms with Gasteiger partial charge in [-0.25, -0.2) is 0 Å². The first-order valence-corrected chi connectivity index (χ1v) is 15.4. The maximum atomic E-state index is 13.2. The first-order chi connectivity index (χ1) is 22.3. The molecule has 1 saturated heterocycles. The van der Waals surface area contributed by atoms with E-state index in [-0.39, 0.29) is 11.9 Å². The number of piperazine rings is 1. The third-order valence-electron chi connectivity index (χ3n) is 9.73. The summed E-state index contributed by atoms with van der Waals surface area (Å²) < 4.78 is 30.3. The van der Waals surface area contributed by atoms with Crippen LogP contribution >= 0.6 is 0 Å². The number of nitrogens with two attached hydrogens (primary N) is 1. The Bertz CT molecular complexity index is 1680.